The first-order valence-electron chi connectivity index (χ1n) is 6.10. The maximum absolute atomic E-state index is 10.2. The standard InChI is InChI=1S/C13H19NO3.BrH/c1-2-7-14-10-5-3-9-8(12(10)16)4-6-11(15)13(9)17;/h4,6,10,12,14-17H,2-3,5,7H2,1H3;1H. The summed E-state index contributed by atoms with van der Waals surface area (Å²) in [7, 11) is 0. The molecule has 4 nitrogen and oxygen atoms in total. The van der Waals surface area contributed by atoms with Gasteiger partial charge in [0.15, 0.2) is 11.5 Å². The van der Waals surface area contributed by atoms with E-state index in [4.69, 9.17) is 0 Å². The Kier molecular flexibility index (Phi) is 5.44. The van der Waals surface area contributed by atoms with E-state index in [0.717, 1.165) is 24.9 Å². The third-order valence-corrected chi connectivity index (χ3v) is 3.36. The van der Waals surface area contributed by atoms with Crippen LogP contribution in [0.5, 0.6) is 11.5 Å². The van der Waals surface area contributed by atoms with Crippen LogP contribution < -0.4 is 5.32 Å². The van der Waals surface area contributed by atoms with Crippen molar-refractivity contribution in [1.82, 2.24) is 5.32 Å². The molecule has 0 amide bonds. The number of aromatic hydroxyl groups is 2. The van der Waals surface area contributed by atoms with Crippen molar-refractivity contribution in [3.05, 3.63) is 23.3 Å². The van der Waals surface area contributed by atoms with Gasteiger partial charge in [0.25, 0.3) is 0 Å². The van der Waals surface area contributed by atoms with Gasteiger partial charge in [-0.15, -0.1) is 17.0 Å². The summed E-state index contributed by atoms with van der Waals surface area (Å²) in [6.45, 7) is 2.96. The van der Waals surface area contributed by atoms with Gasteiger partial charge in [-0.25, -0.2) is 0 Å². The van der Waals surface area contributed by atoms with Crippen LogP contribution in [-0.4, -0.2) is 27.9 Å². The second-order valence-corrected chi connectivity index (χ2v) is 4.55. The highest BCUT2D eigenvalue weighted by Gasteiger charge is 2.29. The zero-order valence-electron chi connectivity index (χ0n) is 10.4. The normalized spacial score (nSPS) is 22.1. The summed E-state index contributed by atoms with van der Waals surface area (Å²) in [5.41, 5.74) is 1.40. The first kappa shape index (κ1) is 15.3. The molecule has 0 saturated heterocycles. The summed E-state index contributed by atoms with van der Waals surface area (Å²) < 4.78 is 0. The quantitative estimate of drug-likeness (QED) is 0.644. The Morgan fingerprint density at radius 3 is 2.72 bits per heavy atom. The van der Waals surface area contributed by atoms with Gasteiger partial charge in [0.2, 0.25) is 0 Å². The SMILES string of the molecule is Br.CCCNC1CCc2c(ccc(O)c2O)C1O. The van der Waals surface area contributed by atoms with Crippen molar-refractivity contribution in [2.24, 2.45) is 0 Å². The number of fused-ring (bicyclic) bond motifs is 1. The molecule has 0 fully saturated rings. The van der Waals surface area contributed by atoms with E-state index in [2.05, 4.69) is 12.2 Å². The van der Waals surface area contributed by atoms with E-state index in [1.165, 1.54) is 6.07 Å². The monoisotopic (exact) mass is 317 g/mol. The van der Waals surface area contributed by atoms with Crippen LogP contribution in [0.2, 0.25) is 0 Å². The minimum Gasteiger partial charge on any atom is -0.504 e. The Morgan fingerprint density at radius 1 is 1.33 bits per heavy atom. The lowest BCUT2D eigenvalue weighted by Crippen LogP contribution is -2.38. The van der Waals surface area contributed by atoms with E-state index < -0.39 is 6.10 Å². The Balaban J connectivity index is 0.00000162. The fraction of sp³-hybridized carbons (Fsp3) is 0.538. The zero-order valence-corrected chi connectivity index (χ0v) is 12.1. The van der Waals surface area contributed by atoms with E-state index in [1.807, 2.05) is 0 Å². The molecule has 0 aliphatic heterocycles. The molecule has 2 unspecified atom stereocenters. The second kappa shape index (κ2) is 6.41. The number of aliphatic hydroxyl groups is 1. The number of aliphatic hydroxyl groups excluding tert-OH is 1. The molecule has 5 heteroatoms. The molecule has 1 aromatic rings. The number of hydrogen-bond donors (Lipinski definition) is 4. The summed E-state index contributed by atoms with van der Waals surface area (Å²) in [4.78, 5) is 0. The fourth-order valence-corrected chi connectivity index (χ4v) is 2.40. The minimum absolute atomic E-state index is 0. The van der Waals surface area contributed by atoms with E-state index in [1.54, 1.807) is 6.07 Å². The molecule has 2 atom stereocenters. The largest absolute Gasteiger partial charge is 0.504 e. The van der Waals surface area contributed by atoms with E-state index in [-0.39, 0.29) is 34.5 Å². The number of benzene rings is 1. The fourth-order valence-electron chi connectivity index (χ4n) is 2.40. The lowest BCUT2D eigenvalue weighted by Gasteiger charge is -2.31. The highest BCUT2D eigenvalue weighted by molar-refractivity contribution is 8.93. The summed E-state index contributed by atoms with van der Waals surface area (Å²) in [5.74, 6) is -0.202. The molecule has 4 N–H and O–H groups in total. The Bertz CT molecular complexity index is 411. The van der Waals surface area contributed by atoms with Gasteiger partial charge < -0.3 is 20.6 Å². The van der Waals surface area contributed by atoms with Gasteiger partial charge >= 0.3 is 0 Å². The lowest BCUT2D eigenvalue weighted by atomic mass is 9.85. The van der Waals surface area contributed by atoms with Gasteiger partial charge in [-0.3, -0.25) is 0 Å². The maximum Gasteiger partial charge on any atom is 0.161 e. The van der Waals surface area contributed by atoms with Gasteiger partial charge in [0.1, 0.15) is 0 Å². The molecular weight excluding hydrogens is 298 g/mol. The number of rotatable bonds is 3. The van der Waals surface area contributed by atoms with Crippen molar-refractivity contribution in [2.45, 2.75) is 38.3 Å². The molecule has 1 aliphatic carbocycles. The predicted octanol–water partition coefficient (Wildman–Crippen LogP) is 2.02. The molecule has 0 saturated carbocycles. The number of phenolic OH excluding ortho intramolecular Hbond substituents is 2. The van der Waals surface area contributed by atoms with Crippen molar-refractivity contribution in [2.75, 3.05) is 6.54 Å². The van der Waals surface area contributed by atoms with Gasteiger partial charge in [-0.05, 0) is 37.4 Å². The van der Waals surface area contributed by atoms with Crippen molar-refractivity contribution < 1.29 is 15.3 Å². The molecule has 2 rings (SSSR count). The second-order valence-electron chi connectivity index (χ2n) is 4.55. The Morgan fingerprint density at radius 2 is 2.06 bits per heavy atom. The molecule has 1 aliphatic rings. The van der Waals surface area contributed by atoms with Crippen molar-refractivity contribution in [1.29, 1.82) is 0 Å². The van der Waals surface area contributed by atoms with Gasteiger partial charge in [0, 0.05) is 11.6 Å². The Labute approximate surface area is 117 Å². The van der Waals surface area contributed by atoms with Crippen LogP contribution in [-0.2, 0) is 6.42 Å². The van der Waals surface area contributed by atoms with Crippen LogP contribution in [0.1, 0.15) is 37.0 Å². The zero-order chi connectivity index (χ0) is 12.4. The van der Waals surface area contributed by atoms with E-state index >= 15 is 0 Å². The van der Waals surface area contributed by atoms with Gasteiger partial charge in [-0.2, -0.15) is 0 Å². The third kappa shape index (κ3) is 2.79. The topological polar surface area (TPSA) is 72.7 Å². The molecule has 1 aromatic carbocycles. The van der Waals surface area contributed by atoms with Crippen LogP contribution in [0.25, 0.3) is 0 Å². The molecule has 0 radical (unpaired) electrons. The first-order chi connectivity index (χ1) is 8.15. The number of hydrogen-bond acceptors (Lipinski definition) is 4. The van der Waals surface area contributed by atoms with Crippen LogP contribution >= 0.6 is 17.0 Å². The molecule has 0 spiro atoms. The highest BCUT2D eigenvalue weighted by Crippen LogP contribution is 2.39. The van der Waals surface area contributed by atoms with Crippen LogP contribution in [0.4, 0.5) is 0 Å². The predicted molar refractivity (Wildman–Crippen MR) is 75.5 cm³/mol. The first-order valence-corrected chi connectivity index (χ1v) is 6.10. The van der Waals surface area contributed by atoms with Crippen LogP contribution in [0, 0.1) is 0 Å². The highest BCUT2D eigenvalue weighted by atomic mass is 79.9. The molecule has 0 bridgehead atoms. The van der Waals surface area contributed by atoms with E-state index in [9.17, 15) is 15.3 Å². The van der Waals surface area contributed by atoms with E-state index in [0.29, 0.717) is 12.0 Å². The molecule has 0 heterocycles. The number of nitrogens with one attached hydrogen (secondary N) is 1. The van der Waals surface area contributed by atoms with Gasteiger partial charge in [0.05, 0.1) is 6.10 Å². The van der Waals surface area contributed by atoms with Gasteiger partial charge in [-0.1, -0.05) is 13.0 Å². The smallest absolute Gasteiger partial charge is 0.161 e. The maximum atomic E-state index is 10.2. The lowest BCUT2D eigenvalue weighted by molar-refractivity contribution is 0.114. The van der Waals surface area contributed by atoms with Crippen molar-refractivity contribution in [3.63, 3.8) is 0 Å². The van der Waals surface area contributed by atoms with Crippen LogP contribution in [0.15, 0.2) is 12.1 Å². The molecule has 0 aromatic heterocycles. The molecule has 102 valence electrons. The minimum atomic E-state index is -0.614. The summed E-state index contributed by atoms with van der Waals surface area (Å²) in [5, 5.41) is 32.7. The third-order valence-electron chi connectivity index (χ3n) is 3.36. The van der Waals surface area contributed by atoms with Crippen molar-refractivity contribution >= 4 is 17.0 Å². The number of halogens is 1. The summed E-state index contributed by atoms with van der Waals surface area (Å²) in [6, 6.07) is 3.15. The van der Waals surface area contributed by atoms with Crippen LogP contribution in [0.3, 0.4) is 0 Å². The Hall–Kier alpha value is -0.780. The number of phenols is 2. The molecular formula is C13H20BrNO3. The molecule has 18 heavy (non-hydrogen) atoms. The average Bonchev–Trinajstić information content (AvgIpc) is 2.33. The average molecular weight is 318 g/mol. The summed E-state index contributed by atoms with van der Waals surface area (Å²) >= 11 is 0. The summed E-state index contributed by atoms with van der Waals surface area (Å²) in [6.07, 6.45) is 1.85. The van der Waals surface area contributed by atoms with Crippen molar-refractivity contribution in [3.8, 4) is 11.5 Å².